The van der Waals surface area contributed by atoms with Crippen molar-refractivity contribution in [2.24, 2.45) is 0 Å². The van der Waals surface area contributed by atoms with E-state index in [4.69, 9.17) is 0 Å². The molecule has 0 saturated heterocycles. The first-order chi connectivity index (χ1) is 7.00. The van der Waals surface area contributed by atoms with E-state index in [0.29, 0.717) is 16.5 Å². The van der Waals surface area contributed by atoms with E-state index in [1.165, 1.54) is 6.07 Å². The van der Waals surface area contributed by atoms with Crippen LogP contribution in [0.3, 0.4) is 0 Å². The predicted molar refractivity (Wildman–Crippen MR) is 69.2 cm³/mol. The van der Waals surface area contributed by atoms with E-state index < -0.39 is 0 Å². The number of halogens is 2. The third-order valence-corrected chi connectivity index (χ3v) is 3.24. The molecule has 2 rings (SSSR count). The van der Waals surface area contributed by atoms with Crippen LogP contribution in [0.25, 0.3) is 5.65 Å². The number of pyridine rings is 1. The van der Waals surface area contributed by atoms with E-state index in [-0.39, 0.29) is 5.82 Å². The van der Waals surface area contributed by atoms with Crippen LogP contribution in [0.1, 0.15) is 25.5 Å². The Labute approximate surface area is 106 Å². The van der Waals surface area contributed by atoms with Gasteiger partial charge in [-0.1, -0.05) is 13.8 Å². The normalized spacial score (nSPS) is 11.6. The fourth-order valence-corrected chi connectivity index (χ4v) is 2.94. The average molecular weight is 336 g/mol. The van der Waals surface area contributed by atoms with Gasteiger partial charge >= 0.3 is 0 Å². The molecule has 0 spiro atoms. The molecule has 2 aromatic heterocycles. The Bertz CT molecular complexity index is 522. The average Bonchev–Trinajstić information content (AvgIpc) is 2.41. The van der Waals surface area contributed by atoms with Crippen molar-refractivity contribution in [3.63, 3.8) is 0 Å². The van der Waals surface area contributed by atoms with Gasteiger partial charge in [-0.25, -0.2) is 9.37 Å². The molecule has 15 heavy (non-hydrogen) atoms. The monoisotopic (exact) mass is 336 g/mol. The summed E-state index contributed by atoms with van der Waals surface area (Å²) in [5.41, 5.74) is 1.40. The molecule has 0 N–H and O–H groups in total. The van der Waals surface area contributed by atoms with Crippen LogP contribution in [0.5, 0.6) is 0 Å². The topological polar surface area (TPSA) is 17.3 Å². The van der Waals surface area contributed by atoms with Crippen LogP contribution in [-0.4, -0.2) is 9.38 Å². The minimum atomic E-state index is -0.327. The maximum Gasteiger partial charge on any atom is 0.174 e. The zero-order valence-electron chi connectivity index (χ0n) is 8.33. The molecule has 0 radical (unpaired) electrons. The first kappa shape index (κ1) is 11.2. The maximum absolute atomic E-state index is 13.6. The van der Waals surface area contributed by atoms with Crippen molar-refractivity contribution in [1.82, 2.24) is 9.38 Å². The third-order valence-electron chi connectivity index (χ3n) is 2.20. The van der Waals surface area contributed by atoms with Crippen molar-refractivity contribution in [2.75, 3.05) is 0 Å². The predicted octanol–water partition coefficient (Wildman–Crippen LogP) is 3.49. The van der Waals surface area contributed by atoms with E-state index in [1.54, 1.807) is 10.6 Å². The maximum atomic E-state index is 13.6. The van der Waals surface area contributed by atoms with Gasteiger partial charge in [-0.15, -0.1) is 12.6 Å². The SMILES string of the molecule is CC(C)c1c(I)nc2c(F)cc(S)cn12. The van der Waals surface area contributed by atoms with Crippen molar-refractivity contribution in [3.8, 4) is 0 Å². The zero-order valence-corrected chi connectivity index (χ0v) is 11.4. The molecule has 0 aliphatic heterocycles. The summed E-state index contributed by atoms with van der Waals surface area (Å²) < 4.78 is 16.2. The van der Waals surface area contributed by atoms with Gasteiger partial charge in [0.1, 0.15) is 3.70 Å². The van der Waals surface area contributed by atoms with Crippen molar-refractivity contribution in [2.45, 2.75) is 24.7 Å². The number of hydrogen-bond donors (Lipinski definition) is 1. The molecule has 0 fully saturated rings. The minimum Gasteiger partial charge on any atom is -0.299 e. The van der Waals surface area contributed by atoms with E-state index >= 15 is 0 Å². The van der Waals surface area contributed by atoms with Gasteiger partial charge in [-0.05, 0) is 34.6 Å². The highest BCUT2D eigenvalue weighted by atomic mass is 127. The molecule has 0 aliphatic carbocycles. The van der Waals surface area contributed by atoms with Gasteiger partial charge < -0.3 is 0 Å². The Morgan fingerprint density at radius 2 is 2.20 bits per heavy atom. The number of aromatic nitrogens is 2. The van der Waals surface area contributed by atoms with Crippen molar-refractivity contribution < 1.29 is 4.39 Å². The molecule has 2 heterocycles. The Balaban J connectivity index is 2.86. The Hall–Kier alpha value is -0.300. The highest BCUT2D eigenvalue weighted by Crippen LogP contribution is 2.25. The lowest BCUT2D eigenvalue weighted by Crippen LogP contribution is -1.98. The standard InChI is InChI=1S/C10H10FIN2S/c1-5(2)8-9(12)13-10-7(11)3-6(15)4-14(8)10/h3-5,15H,1-2H3. The van der Waals surface area contributed by atoms with Gasteiger partial charge in [0.15, 0.2) is 11.5 Å². The summed E-state index contributed by atoms with van der Waals surface area (Å²) in [6.07, 6.45) is 1.80. The van der Waals surface area contributed by atoms with Gasteiger partial charge in [0, 0.05) is 11.1 Å². The van der Waals surface area contributed by atoms with Crippen LogP contribution in [0.4, 0.5) is 4.39 Å². The summed E-state index contributed by atoms with van der Waals surface area (Å²) in [5, 5.41) is 0. The molecule has 2 aromatic rings. The highest BCUT2D eigenvalue weighted by molar-refractivity contribution is 14.1. The summed E-state index contributed by atoms with van der Waals surface area (Å²) in [5.74, 6) is -0.0197. The summed E-state index contributed by atoms with van der Waals surface area (Å²) in [6.45, 7) is 4.13. The highest BCUT2D eigenvalue weighted by Gasteiger charge is 2.15. The Morgan fingerprint density at radius 1 is 1.53 bits per heavy atom. The molecule has 0 saturated carbocycles. The van der Waals surface area contributed by atoms with Crippen LogP contribution in [0.15, 0.2) is 17.2 Å². The van der Waals surface area contributed by atoms with E-state index in [2.05, 4.69) is 54.1 Å². The van der Waals surface area contributed by atoms with Crippen LogP contribution < -0.4 is 0 Å². The molecular formula is C10H10FIN2S. The number of imidazole rings is 1. The number of fused-ring (bicyclic) bond motifs is 1. The molecule has 2 nitrogen and oxygen atoms in total. The first-order valence-electron chi connectivity index (χ1n) is 4.56. The number of hydrogen-bond acceptors (Lipinski definition) is 2. The summed E-state index contributed by atoms with van der Waals surface area (Å²) in [6, 6.07) is 1.38. The van der Waals surface area contributed by atoms with E-state index in [9.17, 15) is 4.39 Å². The van der Waals surface area contributed by atoms with Gasteiger partial charge in [0.25, 0.3) is 0 Å². The molecule has 0 atom stereocenters. The quantitative estimate of drug-likeness (QED) is 0.623. The number of rotatable bonds is 1. The molecule has 0 unspecified atom stereocenters. The molecule has 5 heteroatoms. The Kier molecular flexibility index (Phi) is 2.94. The van der Waals surface area contributed by atoms with E-state index in [0.717, 1.165) is 9.39 Å². The van der Waals surface area contributed by atoms with Crippen molar-refractivity contribution in [1.29, 1.82) is 0 Å². The van der Waals surface area contributed by atoms with Gasteiger partial charge in [-0.2, -0.15) is 0 Å². The second-order valence-corrected chi connectivity index (χ2v) is 5.22. The van der Waals surface area contributed by atoms with Crippen molar-refractivity contribution in [3.05, 3.63) is 27.5 Å². The molecule has 0 amide bonds. The first-order valence-corrected chi connectivity index (χ1v) is 6.09. The zero-order chi connectivity index (χ0) is 11.2. The van der Waals surface area contributed by atoms with E-state index in [1.807, 2.05) is 0 Å². The summed E-state index contributed by atoms with van der Waals surface area (Å²) >= 11 is 6.30. The molecule has 0 aromatic carbocycles. The number of nitrogens with zero attached hydrogens (tertiary/aromatic N) is 2. The molecule has 0 bridgehead atoms. The molecule has 0 aliphatic rings. The van der Waals surface area contributed by atoms with Crippen molar-refractivity contribution >= 4 is 40.9 Å². The second kappa shape index (κ2) is 3.93. The second-order valence-electron chi connectivity index (χ2n) is 3.68. The van der Waals surface area contributed by atoms with Gasteiger partial charge in [0.2, 0.25) is 0 Å². The lowest BCUT2D eigenvalue weighted by atomic mass is 10.1. The smallest absolute Gasteiger partial charge is 0.174 e. The van der Waals surface area contributed by atoms with Crippen LogP contribution in [-0.2, 0) is 0 Å². The van der Waals surface area contributed by atoms with Gasteiger partial charge in [-0.3, -0.25) is 4.40 Å². The fraction of sp³-hybridized carbons (Fsp3) is 0.300. The lowest BCUT2D eigenvalue weighted by molar-refractivity contribution is 0.623. The van der Waals surface area contributed by atoms with Gasteiger partial charge in [0.05, 0.1) is 5.69 Å². The fourth-order valence-electron chi connectivity index (χ4n) is 1.60. The molecular weight excluding hydrogens is 326 g/mol. The largest absolute Gasteiger partial charge is 0.299 e. The lowest BCUT2D eigenvalue weighted by Gasteiger charge is -2.06. The van der Waals surface area contributed by atoms with Crippen LogP contribution >= 0.6 is 35.2 Å². The van der Waals surface area contributed by atoms with Crippen LogP contribution in [0, 0.1) is 9.52 Å². The van der Waals surface area contributed by atoms with Crippen LogP contribution in [0.2, 0.25) is 0 Å². The minimum absolute atomic E-state index is 0.307. The third kappa shape index (κ3) is 1.87. The molecule has 80 valence electrons. The Morgan fingerprint density at radius 3 is 2.80 bits per heavy atom. The summed E-state index contributed by atoms with van der Waals surface area (Å²) in [7, 11) is 0. The summed E-state index contributed by atoms with van der Waals surface area (Å²) in [4.78, 5) is 4.82. The number of thiol groups is 1.